The molecule has 0 amide bonds. The SMILES string of the molecule is O=[N+]([O-])c1cc(F)cc(CNC2CC(O)C2)c1. The van der Waals surface area contributed by atoms with Gasteiger partial charge in [0, 0.05) is 18.7 Å². The standard InChI is InChI=1S/C11H13FN2O3/c12-8-1-7(2-10(3-8)14(16)17)6-13-9-4-11(15)5-9/h1-3,9,11,13,15H,4-6H2. The van der Waals surface area contributed by atoms with E-state index in [0.29, 0.717) is 24.9 Å². The molecule has 1 fully saturated rings. The predicted octanol–water partition coefficient (Wildman–Crippen LogP) is 1.35. The highest BCUT2D eigenvalue weighted by molar-refractivity contribution is 5.35. The summed E-state index contributed by atoms with van der Waals surface area (Å²) < 4.78 is 13.1. The van der Waals surface area contributed by atoms with Gasteiger partial charge in [0.1, 0.15) is 5.82 Å². The second-order valence-corrected chi connectivity index (χ2v) is 4.28. The van der Waals surface area contributed by atoms with Crippen LogP contribution in [0.1, 0.15) is 18.4 Å². The van der Waals surface area contributed by atoms with Crippen LogP contribution >= 0.6 is 0 Å². The summed E-state index contributed by atoms with van der Waals surface area (Å²) in [5.74, 6) is -0.607. The first-order chi connectivity index (χ1) is 8.04. The Hall–Kier alpha value is -1.53. The minimum Gasteiger partial charge on any atom is -0.393 e. The van der Waals surface area contributed by atoms with Gasteiger partial charge in [0.2, 0.25) is 0 Å². The van der Waals surface area contributed by atoms with Crippen LogP contribution in [0.4, 0.5) is 10.1 Å². The van der Waals surface area contributed by atoms with Gasteiger partial charge in [-0.05, 0) is 24.5 Å². The van der Waals surface area contributed by atoms with Crippen molar-refractivity contribution in [3.05, 3.63) is 39.7 Å². The van der Waals surface area contributed by atoms with E-state index in [1.54, 1.807) is 0 Å². The van der Waals surface area contributed by atoms with Gasteiger partial charge in [0.15, 0.2) is 0 Å². The second-order valence-electron chi connectivity index (χ2n) is 4.28. The quantitative estimate of drug-likeness (QED) is 0.615. The van der Waals surface area contributed by atoms with E-state index in [0.717, 1.165) is 6.07 Å². The van der Waals surface area contributed by atoms with Crippen LogP contribution in [0.5, 0.6) is 0 Å². The number of non-ortho nitro benzene ring substituents is 1. The van der Waals surface area contributed by atoms with Crippen molar-refractivity contribution in [3.8, 4) is 0 Å². The van der Waals surface area contributed by atoms with Crippen LogP contribution in [-0.2, 0) is 6.54 Å². The molecule has 2 N–H and O–H groups in total. The number of nitrogens with zero attached hydrogens (tertiary/aromatic N) is 1. The summed E-state index contributed by atoms with van der Waals surface area (Å²) in [6, 6.07) is 3.74. The first-order valence-electron chi connectivity index (χ1n) is 5.40. The number of aliphatic hydroxyl groups excluding tert-OH is 1. The maximum atomic E-state index is 13.1. The van der Waals surface area contributed by atoms with Gasteiger partial charge >= 0.3 is 0 Å². The Morgan fingerprint density at radius 3 is 2.76 bits per heavy atom. The summed E-state index contributed by atoms with van der Waals surface area (Å²) in [7, 11) is 0. The highest BCUT2D eigenvalue weighted by Crippen LogP contribution is 2.21. The number of rotatable bonds is 4. The van der Waals surface area contributed by atoms with Crippen LogP contribution in [-0.4, -0.2) is 22.2 Å². The van der Waals surface area contributed by atoms with Crippen LogP contribution in [0.15, 0.2) is 18.2 Å². The second kappa shape index (κ2) is 4.77. The fourth-order valence-corrected chi connectivity index (χ4v) is 1.86. The lowest BCUT2D eigenvalue weighted by molar-refractivity contribution is -0.385. The number of hydrogen-bond acceptors (Lipinski definition) is 4. The van der Waals surface area contributed by atoms with Crippen molar-refractivity contribution < 1.29 is 14.4 Å². The lowest BCUT2D eigenvalue weighted by atomic mass is 9.89. The van der Waals surface area contributed by atoms with Crippen LogP contribution in [0.3, 0.4) is 0 Å². The van der Waals surface area contributed by atoms with Gasteiger partial charge in [-0.15, -0.1) is 0 Å². The zero-order chi connectivity index (χ0) is 12.4. The van der Waals surface area contributed by atoms with Gasteiger partial charge in [-0.25, -0.2) is 4.39 Å². The largest absolute Gasteiger partial charge is 0.393 e. The zero-order valence-electron chi connectivity index (χ0n) is 9.10. The summed E-state index contributed by atoms with van der Waals surface area (Å²) in [6.45, 7) is 0.371. The minimum atomic E-state index is -0.611. The Morgan fingerprint density at radius 2 is 2.18 bits per heavy atom. The summed E-state index contributed by atoms with van der Waals surface area (Å²) in [5, 5.41) is 22.7. The number of halogens is 1. The fraction of sp³-hybridized carbons (Fsp3) is 0.455. The van der Waals surface area contributed by atoms with E-state index in [1.165, 1.54) is 12.1 Å². The molecule has 0 heterocycles. The monoisotopic (exact) mass is 240 g/mol. The van der Waals surface area contributed by atoms with Crippen molar-refractivity contribution in [1.82, 2.24) is 5.32 Å². The first kappa shape index (κ1) is 11.9. The van der Waals surface area contributed by atoms with E-state index in [1.807, 2.05) is 0 Å². The Bertz CT molecular complexity index is 433. The number of nitrogens with one attached hydrogen (secondary N) is 1. The minimum absolute atomic E-state index is 0.215. The molecule has 0 unspecified atom stereocenters. The van der Waals surface area contributed by atoms with Gasteiger partial charge < -0.3 is 10.4 Å². The predicted molar refractivity (Wildman–Crippen MR) is 58.9 cm³/mol. The molecule has 0 aliphatic heterocycles. The number of nitro groups is 1. The number of benzene rings is 1. The maximum Gasteiger partial charge on any atom is 0.272 e. The first-order valence-corrected chi connectivity index (χ1v) is 5.40. The molecule has 2 rings (SSSR count). The van der Waals surface area contributed by atoms with Crippen molar-refractivity contribution in [2.45, 2.75) is 31.5 Å². The molecule has 0 atom stereocenters. The van der Waals surface area contributed by atoms with Crippen molar-refractivity contribution >= 4 is 5.69 Å². The summed E-state index contributed by atoms with van der Waals surface area (Å²) in [5.41, 5.74) is 0.300. The van der Waals surface area contributed by atoms with Gasteiger partial charge in [0.25, 0.3) is 5.69 Å². The van der Waals surface area contributed by atoms with E-state index < -0.39 is 10.7 Å². The van der Waals surface area contributed by atoms with E-state index in [-0.39, 0.29) is 17.8 Å². The molecule has 1 aliphatic rings. The average Bonchev–Trinajstić information content (AvgIpc) is 2.22. The molecule has 1 aliphatic carbocycles. The highest BCUT2D eigenvalue weighted by atomic mass is 19.1. The van der Waals surface area contributed by atoms with E-state index >= 15 is 0 Å². The molecule has 0 saturated heterocycles. The molecule has 1 aromatic rings. The molecule has 0 bridgehead atoms. The van der Waals surface area contributed by atoms with Crippen molar-refractivity contribution in [3.63, 3.8) is 0 Å². The van der Waals surface area contributed by atoms with Crippen LogP contribution in [0, 0.1) is 15.9 Å². The van der Waals surface area contributed by atoms with Crippen molar-refractivity contribution in [2.75, 3.05) is 0 Å². The van der Waals surface area contributed by atoms with Gasteiger partial charge in [-0.1, -0.05) is 0 Å². The Morgan fingerprint density at radius 1 is 1.47 bits per heavy atom. The van der Waals surface area contributed by atoms with E-state index in [9.17, 15) is 14.5 Å². The maximum absolute atomic E-state index is 13.1. The molecule has 1 aromatic carbocycles. The number of hydrogen-bond donors (Lipinski definition) is 2. The lowest BCUT2D eigenvalue weighted by Crippen LogP contribution is -2.43. The van der Waals surface area contributed by atoms with Crippen LogP contribution < -0.4 is 5.32 Å². The van der Waals surface area contributed by atoms with Crippen LogP contribution in [0.25, 0.3) is 0 Å². The number of nitro benzene ring substituents is 1. The third-order valence-electron chi connectivity index (χ3n) is 2.86. The van der Waals surface area contributed by atoms with Gasteiger partial charge in [-0.2, -0.15) is 0 Å². The van der Waals surface area contributed by atoms with Crippen molar-refractivity contribution in [2.24, 2.45) is 0 Å². The Kier molecular flexibility index (Phi) is 3.35. The number of aliphatic hydroxyl groups is 1. The molecule has 0 radical (unpaired) electrons. The Labute approximate surface area is 97.4 Å². The molecule has 6 heteroatoms. The molecule has 1 saturated carbocycles. The Balaban J connectivity index is 1.98. The van der Waals surface area contributed by atoms with Crippen LogP contribution in [0.2, 0.25) is 0 Å². The van der Waals surface area contributed by atoms with Crippen molar-refractivity contribution in [1.29, 1.82) is 0 Å². The van der Waals surface area contributed by atoms with Gasteiger partial charge in [0.05, 0.1) is 17.1 Å². The molecular weight excluding hydrogens is 227 g/mol. The summed E-state index contributed by atoms with van der Waals surface area (Å²) in [4.78, 5) is 9.93. The van der Waals surface area contributed by atoms with E-state index in [2.05, 4.69) is 5.32 Å². The third kappa shape index (κ3) is 2.98. The average molecular weight is 240 g/mol. The molecule has 5 nitrogen and oxygen atoms in total. The van der Waals surface area contributed by atoms with Gasteiger partial charge in [-0.3, -0.25) is 10.1 Å². The fourth-order valence-electron chi connectivity index (χ4n) is 1.86. The molecule has 17 heavy (non-hydrogen) atoms. The molecule has 92 valence electrons. The van der Waals surface area contributed by atoms with E-state index in [4.69, 9.17) is 5.11 Å². The third-order valence-corrected chi connectivity index (χ3v) is 2.86. The normalized spacial score (nSPS) is 23.2. The highest BCUT2D eigenvalue weighted by Gasteiger charge is 2.26. The molecule has 0 aromatic heterocycles. The summed E-state index contributed by atoms with van der Waals surface area (Å²) in [6.07, 6.45) is 1.10. The molecular formula is C11H13FN2O3. The lowest BCUT2D eigenvalue weighted by Gasteiger charge is -2.32. The zero-order valence-corrected chi connectivity index (χ0v) is 9.10. The summed E-state index contributed by atoms with van der Waals surface area (Å²) >= 11 is 0. The molecule has 0 spiro atoms. The smallest absolute Gasteiger partial charge is 0.272 e. The topological polar surface area (TPSA) is 75.4 Å².